The minimum Gasteiger partial charge on any atom is -0.480 e. The number of ketones is 1. The Morgan fingerprint density at radius 2 is 1.66 bits per heavy atom. The number of anilines is 1. The van der Waals surface area contributed by atoms with Gasteiger partial charge >= 0.3 is 11.9 Å². The molecule has 10 nitrogen and oxygen atoms in total. The van der Waals surface area contributed by atoms with Crippen LogP contribution in [-0.2, 0) is 29.4 Å². The molecule has 220 valence electrons. The molecule has 1 fully saturated rings. The van der Waals surface area contributed by atoms with Crippen molar-refractivity contribution < 1.29 is 34.2 Å². The van der Waals surface area contributed by atoms with Crippen LogP contribution in [0.2, 0.25) is 0 Å². The molecule has 1 saturated heterocycles. The maximum Gasteiger partial charge on any atom is 0.323 e. The Kier molecular flexibility index (Phi) is 10.5. The Morgan fingerprint density at radius 1 is 1.02 bits per heavy atom. The molecular formula is C29H35N3O7S2. The number of aliphatic carboxylic acids is 2. The highest BCUT2D eigenvalue weighted by Gasteiger charge is 2.40. The van der Waals surface area contributed by atoms with E-state index in [0.29, 0.717) is 15.7 Å². The van der Waals surface area contributed by atoms with Crippen molar-refractivity contribution in [1.29, 1.82) is 0 Å². The van der Waals surface area contributed by atoms with Gasteiger partial charge in [0.15, 0.2) is 5.78 Å². The molecule has 0 saturated carbocycles. The average Bonchev–Trinajstić information content (AvgIpc) is 3.27. The fraction of sp³-hybridized carbons (Fsp3) is 0.448. The number of thiocarbonyl (C=S) groups is 1. The smallest absolute Gasteiger partial charge is 0.323 e. The second-order valence-electron chi connectivity index (χ2n) is 10.9. The van der Waals surface area contributed by atoms with Crippen molar-refractivity contribution in [3.63, 3.8) is 0 Å². The Bertz CT molecular complexity index is 1300. The van der Waals surface area contributed by atoms with E-state index in [0.717, 1.165) is 36.1 Å². The number of amides is 2. The van der Waals surface area contributed by atoms with Gasteiger partial charge in [0.05, 0.1) is 11.4 Å². The van der Waals surface area contributed by atoms with Gasteiger partial charge in [0.2, 0.25) is 5.91 Å². The zero-order valence-electron chi connectivity index (χ0n) is 23.6. The number of hydrogen-bond acceptors (Lipinski definition) is 8. The lowest BCUT2D eigenvalue weighted by Crippen LogP contribution is -2.40. The van der Waals surface area contributed by atoms with E-state index in [2.05, 4.69) is 44.7 Å². The molecule has 2 amide bonds. The number of thioether (sulfide) groups is 1. The summed E-state index contributed by atoms with van der Waals surface area (Å²) in [6.07, 6.45) is 4.03. The Hall–Kier alpha value is -3.51. The minimum atomic E-state index is -1.36. The second kappa shape index (κ2) is 13.4. The van der Waals surface area contributed by atoms with E-state index in [9.17, 15) is 24.0 Å². The lowest BCUT2D eigenvalue weighted by Gasteiger charge is -2.27. The molecule has 41 heavy (non-hydrogen) atoms. The molecule has 3 rings (SSSR count). The van der Waals surface area contributed by atoms with Gasteiger partial charge in [-0.2, -0.15) is 0 Å². The number of benzene rings is 1. The number of carboxylic acids is 2. The largest absolute Gasteiger partial charge is 0.480 e. The number of Topliss-reactive ketones (excluding diaryl/α,β-unsaturated/α-hetero) is 1. The van der Waals surface area contributed by atoms with Crippen molar-refractivity contribution in [3.8, 4) is 0 Å². The third-order valence-corrected chi connectivity index (χ3v) is 8.35. The van der Waals surface area contributed by atoms with E-state index in [4.69, 9.17) is 22.4 Å². The predicted octanol–water partition coefficient (Wildman–Crippen LogP) is 3.81. The predicted molar refractivity (Wildman–Crippen MR) is 160 cm³/mol. The Morgan fingerprint density at radius 3 is 2.27 bits per heavy atom. The first-order valence-electron chi connectivity index (χ1n) is 13.3. The van der Waals surface area contributed by atoms with Crippen molar-refractivity contribution in [1.82, 2.24) is 9.80 Å². The van der Waals surface area contributed by atoms with Gasteiger partial charge in [0, 0.05) is 36.2 Å². The molecule has 0 unspecified atom stereocenters. The SMILES string of the molecule is CC(C)CCN1/C(=C/C=C2\SC(=S)N(CC(=O)CCC(=O)N(CC(=O)O)CC(=O)O)C2=O)C(C)(C)c2ccccc21. The van der Waals surface area contributed by atoms with Gasteiger partial charge < -0.3 is 20.0 Å². The highest BCUT2D eigenvalue weighted by molar-refractivity contribution is 8.26. The van der Waals surface area contributed by atoms with E-state index < -0.39 is 42.6 Å². The summed E-state index contributed by atoms with van der Waals surface area (Å²) in [5.41, 5.74) is 3.14. The lowest BCUT2D eigenvalue weighted by molar-refractivity contribution is -0.149. The number of hydrogen-bond donors (Lipinski definition) is 2. The first-order chi connectivity index (χ1) is 19.2. The number of carbonyl (C=O) groups excluding carboxylic acids is 3. The molecule has 2 aliphatic heterocycles. The van der Waals surface area contributed by atoms with E-state index in [1.165, 1.54) is 10.5 Å². The lowest BCUT2D eigenvalue weighted by atomic mass is 9.84. The number of carbonyl (C=O) groups is 5. The molecule has 0 aliphatic carbocycles. The molecule has 1 aromatic carbocycles. The summed E-state index contributed by atoms with van der Waals surface area (Å²) in [5, 5.41) is 17.8. The van der Waals surface area contributed by atoms with Crippen molar-refractivity contribution in [3.05, 3.63) is 52.6 Å². The molecule has 0 atom stereocenters. The summed E-state index contributed by atoms with van der Waals surface area (Å²) in [4.78, 5) is 64.5. The van der Waals surface area contributed by atoms with Gasteiger partial charge in [-0.25, -0.2) is 0 Å². The van der Waals surface area contributed by atoms with Crippen molar-refractivity contribution in [2.24, 2.45) is 5.92 Å². The molecule has 2 heterocycles. The summed E-state index contributed by atoms with van der Waals surface area (Å²) in [5.74, 6) is -3.84. The van der Waals surface area contributed by atoms with Gasteiger partial charge in [0.25, 0.3) is 5.91 Å². The quantitative estimate of drug-likeness (QED) is 0.254. The topological polar surface area (TPSA) is 136 Å². The van der Waals surface area contributed by atoms with E-state index in [1.807, 2.05) is 18.2 Å². The van der Waals surface area contributed by atoms with Gasteiger partial charge in [-0.05, 0) is 36.1 Å². The van der Waals surface area contributed by atoms with Crippen LogP contribution >= 0.6 is 24.0 Å². The summed E-state index contributed by atoms with van der Waals surface area (Å²) in [6.45, 7) is 7.60. The molecular weight excluding hydrogens is 566 g/mol. The molecule has 0 bridgehead atoms. The van der Waals surface area contributed by atoms with Crippen molar-refractivity contribution in [2.45, 2.75) is 52.4 Å². The number of rotatable bonds is 13. The van der Waals surface area contributed by atoms with Crippen LogP contribution < -0.4 is 4.90 Å². The molecule has 0 radical (unpaired) electrons. The summed E-state index contributed by atoms with van der Waals surface area (Å²) < 4.78 is 0.225. The van der Waals surface area contributed by atoms with Gasteiger partial charge in [0.1, 0.15) is 17.4 Å². The first-order valence-corrected chi connectivity index (χ1v) is 14.5. The van der Waals surface area contributed by atoms with Crippen LogP contribution in [0.3, 0.4) is 0 Å². The number of fused-ring (bicyclic) bond motifs is 1. The van der Waals surface area contributed by atoms with Crippen LogP contribution in [0.15, 0.2) is 47.0 Å². The maximum atomic E-state index is 13.2. The van der Waals surface area contributed by atoms with Crippen molar-refractivity contribution >= 4 is 63.5 Å². The van der Waals surface area contributed by atoms with Gasteiger partial charge in [-0.3, -0.25) is 28.9 Å². The first kappa shape index (κ1) is 32.0. The van der Waals surface area contributed by atoms with Crippen molar-refractivity contribution in [2.75, 3.05) is 31.1 Å². The molecule has 0 spiro atoms. The summed E-state index contributed by atoms with van der Waals surface area (Å²) >= 11 is 6.47. The zero-order valence-corrected chi connectivity index (χ0v) is 25.2. The standard InChI is InChI=1S/C29H35N3O7S2/c1-18(2)13-14-31-21-8-6-5-7-20(21)29(3,4)23(31)11-10-22-27(39)32(28(40)41-22)15-19(33)9-12-24(34)30(16-25(35)36)17-26(37)38/h5-8,10-11,18H,9,12-17H2,1-4H3,(H,35,36)(H,37,38)/b22-10-,23-11+. The molecule has 2 N–H and O–H groups in total. The molecule has 0 aromatic heterocycles. The highest BCUT2D eigenvalue weighted by Crippen LogP contribution is 2.48. The van der Waals surface area contributed by atoms with Crippen LogP contribution in [0.4, 0.5) is 5.69 Å². The van der Waals surface area contributed by atoms with Crippen LogP contribution in [0, 0.1) is 5.92 Å². The fourth-order valence-electron chi connectivity index (χ4n) is 4.79. The van der Waals surface area contributed by atoms with Crippen LogP contribution in [-0.4, -0.2) is 80.0 Å². The van der Waals surface area contributed by atoms with E-state index >= 15 is 0 Å². The third kappa shape index (κ3) is 7.82. The fourth-order valence-corrected chi connectivity index (χ4v) is 5.99. The molecule has 1 aromatic rings. The summed E-state index contributed by atoms with van der Waals surface area (Å²) in [6, 6.07) is 8.27. The van der Waals surface area contributed by atoms with E-state index in [-0.39, 0.29) is 29.1 Å². The normalized spacial score (nSPS) is 18.0. The number of allylic oxidation sites excluding steroid dienone is 3. The van der Waals surface area contributed by atoms with Gasteiger partial charge in [-0.1, -0.05) is 69.9 Å². The molecule has 2 aliphatic rings. The minimum absolute atomic E-state index is 0.225. The van der Waals surface area contributed by atoms with Crippen LogP contribution in [0.25, 0.3) is 0 Å². The monoisotopic (exact) mass is 601 g/mol. The van der Waals surface area contributed by atoms with Crippen LogP contribution in [0.1, 0.15) is 52.5 Å². The molecule has 12 heteroatoms. The average molecular weight is 602 g/mol. The number of para-hydroxylation sites is 1. The maximum absolute atomic E-state index is 13.2. The highest BCUT2D eigenvalue weighted by atomic mass is 32.2. The zero-order chi connectivity index (χ0) is 30.5. The Balaban J connectivity index is 1.71. The number of nitrogens with zero attached hydrogens (tertiary/aromatic N) is 3. The third-order valence-electron chi connectivity index (χ3n) is 6.95. The van der Waals surface area contributed by atoms with Crippen LogP contribution in [0.5, 0.6) is 0 Å². The summed E-state index contributed by atoms with van der Waals surface area (Å²) in [7, 11) is 0. The second-order valence-corrected chi connectivity index (χ2v) is 12.6. The Labute approximate surface area is 249 Å². The van der Waals surface area contributed by atoms with E-state index in [1.54, 1.807) is 6.08 Å². The number of carboxylic acid groups (broad SMARTS) is 2. The van der Waals surface area contributed by atoms with Gasteiger partial charge in [-0.15, -0.1) is 0 Å².